The average Bonchev–Trinajstić information content (AvgIpc) is 1.59. The van der Waals surface area contributed by atoms with E-state index in [9.17, 15) is 126 Å². The Labute approximate surface area is 1190 Å². The van der Waals surface area contributed by atoms with Crippen molar-refractivity contribution in [2.75, 3.05) is 25.7 Å². The van der Waals surface area contributed by atoms with Crippen LogP contribution in [0.4, 0.5) is 0 Å². The van der Waals surface area contributed by atoms with Crippen LogP contribution in [0.1, 0.15) is 12.1 Å². The van der Waals surface area contributed by atoms with Crippen LogP contribution in [0.2, 0.25) is 0 Å². The number of aromatic nitrogens is 3. The van der Waals surface area contributed by atoms with E-state index in [1.165, 1.54) is 0 Å². The van der Waals surface area contributed by atoms with E-state index in [1.807, 2.05) is 0 Å². The van der Waals surface area contributed by atoms with E-state index in [0.29, 0.717) is 24.1 Å². The predicted molar refractivity (Wildman–Crippen MR) is 377 cm³/mol. The number of ether oxygens (including phenoxy) is 9. The van der Waals surface area contributed by atoms with Gasteiger partial charge in [-0.15, -0.1) is 34.3 Å². The average molecular weight is 2660 g/mol. The summed E-state index contributed by atoms with van der Waals surface area (Å²) in [5, 5.41) is 16.4. The third-order valence-electron chi connectivity index (χ3n) is 13.7. The van der Waals surface area contributed by atoms with Crippen molar-refractivity contribution in [2.45, 2.75) is 147 Å². The fraction of sp³-hybridized carbons (Fsp3) is 0.718. The first kappa shape index (κ1) is 193. The van der Waals surface area contributed by atoms with Crippen molar-refractivity contribution >= 4 is 191 Å². The molecule has 109 heteroatoms. The monoisotopic (exact) mass is 2650 g/mol. The van der Waals surface area contributed by atoms with Crippen LogP contribution in [0.15, 0.2) is 17.8 Å². The number of hydroxylamine groups is 1. The van der Waals surface area contributed by atoms with Crippen molar-refractivity contribution in [3.63, 3.8) is 0 Å². The minimum atomic E-state index is -6.10. The number of nitrogens with one attached hydrogen (secondary N) is 1. The van der Waals surface area contributed by atoms with E-state index < -0.39 is 347 Å². The quantitative estimate of drug-likeness (QED) is 0.00562. The molecule has 7 rings (SSSR count). The first-order valence-electron chi connectivity index (χ1n) is 31.0. The number of hydrogen-bond donors (Lipinski definition) is 10. The molecule has 5 saturated heterocycles. The summed E-state index contributed by atoms with van der Waals surface area (Å²) in [6.07, 6.45) is -31.2. The first-order valence-corrected chi connectivity index (χ1v) is 53.0. The van der Waals surface area contributed by atoms with Crippen LogP contribution in [0, 0.1) is 45.6 Å². The number of nitrogens with zero attached hydrogens (tertiary/aromatic N) is 4. The number of alkyl halides is 2. The summed E-state index contributed by atoms with van der Waals surface area (Å²) in [4.78, 5) is 0. The van der Waals surface area contributed by atoms with Crippen molar-refractivity contribution in [2.24, 2.45) is 0 Å². The summed E-state index contributed by atoms with van der Waals surface area (Å²) < 4.78 is 618. The van der Waals surface area contributed by atoms with E-state index in [-0.39, 0.29) is 453 Å². The van der Waals surface area contributed by atoms with Gasteiger partial charge in [0.25, 0.3) is 0 Å². The molecular weight excluding hydrogens is 2600 g/mol. The van der Waals surface area contributed by atoms with Gasteiger partial charge in [0, 0.05) is 12.2 Å². The molecule has 0 radical (unpaired) electrons. The number of aliphatic hydroxyl groups excluding tert-OH is 1. The molecule has 6 heterocycles. The van der Waals surface area contributed by atoms with Gasteiger partial charge in [0.2, 0.25) is 131 Å². The van der Waals surface area contributed by atoms with Crippen LogP contribution < -0.4 is 449 Å². The minimum Gasteiger partial charge on any atom is -0.750 e. The first-order chi connectivity index (χ1) is 59.2. The Morgan fingerprint density at radius 2 is 0.905 bits per heavy atom. The van der Waals surface area contributed by atoms with Gasteiger partial charge in [0.1, 0.15) is 17.9 Å². The molecule has 6 unspecified atom stereocenters. The standard InChI is InChI=1S/C39H56Cl2N5O47S10.15Na.6H2O4S/c1-17-31(41)33(88-94(48)49)34(89-95(50)51)38(81-17)87-39(16-40)35(92-102(70,71)72)32(43-93-103(73,74)75)27(86-39)10-45-9-19(42-44-45)12-77-36-25(90-100(64,65)66)8-24(29(84-36)15-80-99(61,62)63)83-37-26(91-101(67,68)69)7-23(28(85-37)14-79-98(58,59)60)82-30-5-3-20(13-76-30)46(96(52,53)54)21-6-18(2-4-22(21)47)11-78-97(55,56)57;;;;;;;;;;;;;;;;6*1-5(2,3)4/h2,4-9,13,17,20-38,43,47H,1,3,10-12,14-16H2,(H,48,49)(H,50,51)(H,52,53,54)(H,55,56,57)(H,58,59,60)(H,61,62,63)(H,64,65,66)(H,67,68,69)(H,70,71,72)(H,73,74,75);;;;;;;;;;;;;;;;6*(H2,1,2,3,4)/q-7;15*+1;;;;;;/p-14/t17-,20+,21+,22-,23+,24+,25?,26?,27-,28?,29?,30-,31+,32-,33+,34-,35+,36-,37+,38+,39+;;;;;;;;;;;;;;;;;;;;;/m1...................../s1. The van der Waals surface area contributed by atoms with Crippen LogP contribution in [0.25, 0.3) is 0 Å². The second kappa shape index (κ2) is 85.2. The third-order valence-corrected chi connectivity index (χ3v) is 19.3. The van der Waals surface area contributed by atoms with Gasteiger partial charge in [-0.2, -0.15) is 39.6 Å². The Morgan fingerprint density at radius 3 is 1.26 bits per heavy atom. The summed E-state index contributed by atoms with van der Waals surface area (Å²) in [7, 11) is -75.6. The van der Waals surface area contributed by atoms with Gasteiger partial charge in [-0.05, 0) is 30.6 Å². The summed E-state index contributed by atoms with van der Waals surface area (Å²) in [6.45, 7) is -2.00. The van der Waals surface area contributed by atoms with E-state index in [2.05, 4.69) is 50.8 Å². The zero-order valence-corrected chi connectivity index (χ0v) is 122. The van der Waals surface area contributed by atoms with Crippen LogP contribution in [-0.4, -0.2) is 404 Å². The van der Waals surface area contributed by atoms with Gasteiger partial charge < -0.3 is 140 Å². The smallest absolute Gasteiger partial charge is 0.750 e. The van der Waals surface area contributed by atoms with Crippen molar-refractivity contribution in [1.82, 2.24) is 24.8 Å². The summed E-state index contributed by atoms with van der Waals surface area (Å²) in [6, 6.07) is -5.76. The van der Waals surface area contributed by atoms with Gasteiger partial charge in [-0.1, -0.05) is 11.3 Å². The van der Waals surface area contributed by atoms with Crippen molar-refractivity contribution < 1.29 is 755 Å². The Hall–Kier alpha value is 12.2. The molecule has 5 fully saturated rings. The summed E-state index contributed by atoms with van der Waals surface area (Å²) in [5.74, 6) is -4.45. The van der Waals surface area contributed by atoms with Crippen LogP contribution >= 0.6 is 23.2 Å². The van der Waals surface area contributed by atoms with Gasteiger partial charge >= 0.3 is 464 Å². The number of rotatable bonds is 37. The third kappa shape index (κ3) is 96.6. The molecular formula is C39H54Cl2N5Na15O71S16-6. The Morgan fingerprint density at radius 1 is 0.520 bits per heavy atom. The molecule has 23 atom stereocenters. The molecule has 0 aromatic carbocycles. The van der Waals surface area contributed by atoms with E-state index in [0.717, 1.165) is 31.5 Å². The predicted octanol–water partition coefficient (Wildman–Crippen LogP) is -60.3. The van der Waals surface area contributed by atoms with Crippen molar-refractivity contribution in [1.29, 1.82) is 0 Å². The van der Waals surface area contributed by atoms with Gasteiger partial charge in [0.15, 0.2) is 31.1 Å². The molecule has 1 aromatic heterocycles. The molecule has 148 heavy (non-hydrogen) atoms. The maximum absolute atomic E-state index is 12.7. The van der Waals surface area contributed by atoms with E-state index in [4.69, 9.17) is 175 Å². The molecule has 6 aliphatic rings. The summed E-state index contributed by atoms with van der Waals surface area (Å²) >= 11 is 5.21. The fourth-order valence-corrected chi connectivity index (χ4v) is 14.8. The van der Waals surface area contributed by atoms with E-state index >= 15 is 0 Å². The van der Waals surface area contributed by atoms with Crippen molar-refractivity contribution in [3.05, 3.63) is 69.2 Å². The molecule has 76 nitrogen and oxygen atoms in total. The van der Waals surface area contributed by atoms with Crippen molar-refractivity contribution in [3.8, 4) is 0 Å². The molecule has 10 N–H and O–H groups in total. The molecule has 1 aromatic rings. The number of halogens is 2. The van der Waals surface area contributed by atoms with Gasteiger partial charge in [-0.3, -0.25) is 80.8 Å². The molecule has 792 valence electrons. The Kier molecular flexibility index (Phi) is 111. The van der Waals surface area contributed by atoms with E-state index in [1.54, 1.807) is 5.48 Å². The topological polar surface area (TPSA) is 1230 Å². The second-order valence-corrected chi connectivity index (χ2v) is 39.0. The molecule has 0 saturated carbocycles. The zero-order chi connectivity index (χ0) is 104. The largest absolute Gasteiger partial charge is 1.00 e. The number of aliphatic hydroxyl groups is 1. The van der Waals surface area contributed by atoms with Crippen LogP contribution in [0.3, 0.4) is 0 Å². The molecule has 1 aliphatic carbocycles. The maximum atomic E-state index is 12.7. The van der Waals surface area contributed by atoms with Gasteiger partial charge in [0.05, 0.1) is 91.4 Å². The van der Waals surface area contributed by atoms with Crippen LogP contribution in [-0.2, 0) is 262 Å². The second-order valence-electron chi connectivity index (χ2n) is 23.4. The van der Waals surface area contributed by atoms with Gasteiger partial charge in [-0.25, -0.2) is 130 Å². The number of hydrogen-bond acceptors (Lipinski definition) is 66. The maximum Gasteiger partial charge on any atom is 1.00 e. The van der Waals surface area contributed by atoms with Crippen LogP contribution in [0.5, 0.6) is 0 Å². The Balaban J connectivity index is -0.000000265. The minimum absolute atomic E-state index is 0. The zero-order valence-electron chi connectivity index (χ0n) is 77.2. The molecule has 0 bridgehead atoms. The fourth-order valence-electron chi connectivity index (χ4n) is 9.93. The Bertz CT molecular complexity index is 5530. The molecule has 0 spiro atoms. The normalized spacial score (nSPS) is 26.5. The SMILES string of the molecule is O=S(=O)([O-])O.O=S(=O)([O-])O.O=S(=O)([O-])O.O=S(=O)([O-])O.O=S(=O)([O-])O.O=S(=O)([O-])O.[CH2-][C@H]1O[C@@H](O[C@]2(CCl)O[C@H](Cn3cc(CO[C@@H]4OC(COS(=O)(=O)[O-])[C@@H](O[C@H]5OC(COS(=O)(=O)[O-])[C@@H](O[C@@H]6[CH-]C[C@H](N([C@H]7C=C(COS(=O)(=O)[O-])[CH-][CH-][C@H]7O)S(=O)(=O)O)[CH-]O6)[CH-]C5OS(=O)(=O)[O-])[CH-]C4OS(=O)(=O)[O-])nn3)[C@@H](NOS(=O)(=O)O)[C@@H]2OS(=O)(=O)[O-])[C@H](OS(=O)[O-])[C@@H](OS(=O)[O-])[C@H]1Cl.[Na+].[Na+].[Na+].[Na+].[Na+].[Na+].[Na+].[Na+].[Na+].[Na+].[Na+].[Na+].[Na+].[Na+].[Na+]. The molecule has 0 amide bonds. The molecule has 5 aliphatic heterocycles. The summed E-state index contributed by atoms with van der Waals surface area (Å²) in [5.41, 5.74) is 0.931.